The zero-order chi connectivity index (χ0) is 15.4. The Morgan fingerprint density at radius 1 is 1.19 bits per heavy atom. The maximum Gasteiger partial charge on any atom is 0.377 e. The molecule has 6 heteroatoms. The molecule has 0 saturated carbocycles. The lowest BCUT2D eigenvalue weighted by molar-refractivity contribution is -0.131. The van der Waals surface area contributed by atoms with Crippen LogP contribution in [0.1, 0.15) is 15.9 Å². The van der Waals surface area contributed by atoms with E-state index in [1.807, 2.05) is 18.2 Å². The van der Waals surface area contributed by atoms with Crippen molar-refractivity contribution in [2.24, 2.45) is 0 Å². The molecule has 0 aliphatic rings. The number of benzene rings is 2. The fraction of sp³-hybridized carbons (Fsp3) is 0.0667. The summed E-state index contributed by atoms with van der Waals surface area (Å²) in [4.78, 5) is 21.8. The summed E-state index contributed by atoms with van der Waals surface area (Å²) in [5.41, 5.74) is 0.482. The lowest BCUT2D eigenvalue weighted by atomic mass is 10.1. The van der Waals surface area contributed by atoms with Gasteiger partial charge in [-0.3, -0.25) is 4.79 Å². The first-order valence-corrected chi connectivity index (χ1v) is 6.30. The lowest BCUT2D eigenvalue weighted by Crippen LogP contribution is -2.13. The minimum Gasteiger partial charge on any atom is -0.484 e. The third kappa shape index (κ3) is 3.58. The molecular formula is C15H10ClFO4. The summed E-state index contributed by atoms with van der Waals surface area (Å²) in [5, 5.41) is 8.44. The van der Waals surface area contributed by atoms with Crippen LogP contribution >= 0.6 is 11.6 Å². The molecule has 2 aromatic carbocycles. The zero-order valence-corrected chi connectivity index (χ0v) is 11.4. The monoisotopic (exact) mass is 308 g/mol. The number of hydrogen-bond acceptors (Lipinski definition) is 3. The topological polar surface area (TPSA) is 63.6 Å². The van der Waals surface area contributed by atoms with Crippen LogP contribution in [0.15, 0.2) is 42.5 Å². The number of carboxylic acid groups (broad SMARTS) is 1. The number of halogens is 2. The van der Waals surface area contributed by atoms with Gasteiger partial charge in [-0.1, -0.05) is 41.9 Å². The zero-order valence-electron chi connectivity index (χ0n) is 10.7. The molecule has 2 aromatic rings. The molecule has 0 bridgehead atoms. The van der Waals surface area contributed by atoms with Gasteiger partial charge in [-0.25, -0.2) is 9.18 Å². The average Bonchev–Trinajstić information content (AvgIpc) is 2.46. The van der Waals surface area contributed by atoms with Crippen LogP contribution in [0.25, 0.3) is 0 Å². The fourth-order valence-corrected chi connectivity index (χ4v) is 1.94. The number of rotatable bonds is 5. The first-order valence-electron chi connectivity index (χ1n) is 5.92. The van der Waals surface area contributed by atoms with Gasteiger partial charge in [0.1, 0.15) is 6.61 Å². The van der Waals surface area contributed by atoms with E-state index in [9.17, 15) is 14.0 Å². The molecule has 0 aliphatic carbocycles. The predicted octanol–water partition coefficient (Wildman–Crippen LogP) is 3.33. The second-order valence-electron chi connectivity index (χ2n) is 4.18. The summed E-state index contributed by atoms with van der Waals surface area (Å²) >= 11 is 5.84. The molecule has 0 heterocycles. The van der Waals surface area contributed by atoms with Gasteiger partial charge in [0.05, 0.1) is 5.02 Å². The molecule has 0 atom stereocenters. The second kappa shape index (κ2) is 6.37. The number of Topliss-reactive ketones (excluding diaryl/α,β-unsaturated/α-hetero) is 1. The van der Waals surface area contributed by atoms with E-state index in [-0.39, 0.29) is 22.9 Å². The van der Waals surface area contributed by atoms with Gasteiger partial charge in [0.25, 0.3) is 5.78 Å². The number of aliphatic carboxylic acids is 1. The van der Waals surface area contributed by atoms with E-state index in [2.05, 4.69) is 0 Å². The van der Waals surface area contributed by atoms with Crippen molar-refractivity contribution >= 4 is 23.4 Å². The van der Waals surface area contributed by atoms with Gasteiger partial charge in [-0.2, -0.15) is 0 Å². The van der Waals surface area contributed by atoms with Crippen molar-refractivity contribution in [3.63, 3.8) is 0 Å². The maximum atomic E-state index is 13.9. The van der Waals surface area contributed by atoms with E-state index in [4.69, 9.17) is 21.4 Å². The molecule has 4 nitrogen and oxygen atoms in total. The molecule has 0 fully saturated rings. The van der Waals surface area contributed by atoms with Crippen molar-refractivity contribution in [1.82, 2.24) is 0 Å². The summed E-state index contributed by atoms with van der Waals surface area (Å²) < 4.78 is 19.2. The van der Waals surface area contributed by atoms with Crippen molar-refractivity contribution in [2.45, 2.75) is 6.61 Å². The van der Waals surface area contributed by atoms with Crippen LogP contribution in [0.2, 0.25) is 5.02 Å². The smallest absolute Gasteiger partial charge is 0.377 e. The molecule has 108 valence electrons. The molecule has 0 unspecified atom stereocenters. The third-order valence-electron chi connectivity index (χ3n) is 2.68. The van der Waals surface area contributed by atoms with Gasteiger partial charge in [-0.05, 0) is 17.7 Å². The summed E-state index contributed by atoms with van der Waals surface area (Å²) in [7, 11) is 0. The Morgan fingerprint density at radius 3 is 2.43 bits per heavy atom. The molecule has 0 aliphatic heterocycles. The third-order valence-corrected chi connectivity index (χ3v) is 2.96. The molecule has 1 N–H and O–H groups in total. The predicted molar refractivity (Wildman–Crippen MR) is 74.2 cm³/mol. The number of carbonyl (C=O) groups excluding carboxylic acids is 1. The summed E-state index contributed by atoms with van der Waals surface area (Å²) in [6.07, 6.45) is 0. The highest BCUT2D eigenvalue weighted by Crippen LogP contribution is 2.30. The maximum absolute atomic E-state index is 13.9. The molecule has 0 saturated heterocycles. The number of ether oxygens (including phenoxy) is 1. The van der Waals surface area contributed by atoms with Gasteiger partial charge >= 0.3 is 5.97 Å². The number of hydrogen-bond donors (Lipinski definition) is 1. The van der Waals surface area contributed by atoms with Gasteiger partial charge in [-0.15, -0.1) is 0 Å². The molecule has 21 heavy (non-hydrogen) atoms. The Balaban J connectivity index is 2.21. The van der Waals surface area contributed by atoms with Gasteiger partial charge in [0.2, 0.25) is 0 Å². The average molecular weight is 309 g/mol. The molecule has 0 amide bonds. The van der Waals surface area contributed by atoms with E-state index >= 15 is 0 Å². The first-order chi connectivity index (χ1) is 9.99. The highest BCUT2D eigenvalue weighted by Gasteiger charge is 2.19. The van der Waals surface area contributed by atoms with E-state index in [0.29, 0.717) is 0 Å². The van der Waals surface area contributed by atoms with Crippen LogP contribution in [0.4, 0.5) is 4.39 Å². The van der Waals surface area contributed by atoms with Crippen molar-refractivity contribution in [2.75, 3.05) is 0 Å². The second-order valence-corrected chi connectivity index (χ2v) is 4.58. The fourth-order valence-electron chi connectivity index (χ4n) is 1.68. The molecule has 0 spiro atoms. The molecule has 2 rings (SSSR count). The van der Waals surface area contributed by atoms with Crippen molar-refractivity contribution < 1.29 is 23.8 Å². The van der Waals surface area contributed by atoms with Crippen LogP contribution in [-0.2, 0) is 11.4 Å². The summed E-state index contributed by atoms with van der Waals surface area (Å²) in [6, 6.07) is 10.9. The normalized spacial score (nSPS) is 10.2. The Kier molecular flexibility index (Phi) is 4.55. The Labute approximate surface area is 124 Å². The quantitative estimate of drug-likeness (QED) is 0.680. The summed E-state index contributed by atoms with van der Waals surface area (Å²) in [6.45, 7) is 0.101. The van der Waals surface area contributed by atoms with Gasteiger partial charge < -0.3 is 9.84 Å². The highest BCUT2D eigenvalue weighted by molar-refractivity contribution is 6.40. The van der Waals surface area contributed by atoms with Crippen LogP contribution in [0.3, 0.4) is 0 Å². The van der Waals surface area contributed by atoms with Crippen molar-refractivity contribution in [1.29, 1.82) is 0 Å². The Hall–Kier alpha value is -2.40. The lowest BCUT2D eigenvalue weighted by Gasteiger charge is -2.10. The highest BCUT2D eigenvalue weighted by atomic mass is 35.5. The number of ketones is 1. The Bertz CT molecular complexity index is 662. The standard InChI is InChI=1S/C15H10ClFO4/c16-11-6-10(13(18)15(19)20)7-12(17)14(11)21-8-9-4-2-1-3-5-9/h1-7H,8H2,(H,19,20). The van der Waals surface area contributed by atoms with Gasteiger partial charge in [0, 0.05) is 5.56 Å². The number of carboxylic acids is 1. The summed E-state index contributed by atoms with van der Waals surface area (Å²) in [5.74, 6) is -4.01. The van der Waals surface area contributed by atoms with Crippen LogP contribution < -0.4 is 4.74 Å². The van der Waals surface area contributed by atoms with E-state index in [1.165, 1.54) is 0 Å². The largest absolute Gasteiger partial charge is 0.484 e. The molecule has 0 radical (unpaired) electrons. The molecular weight excluding hydrogens is 299 g/mol. The van der Waals surface area contributed by atoms with E-state index in [1.54, 1.807) is 12.1 Å². The van der Waals surface area contributed by atoms with Crippen LogP contribution in [0, 0.1) is 5.82 Å². The molecule has 0 aromatic heterocycles. The number of carbonyl (C=O) groups is 2. The van der Waals surface area contributed by atoms with Gasteiger partial charge in [0.15, 0.2) is 11.6 Å². The van der Waals surface area contributed by atoms with Crippen molar-refractivity contribution in [3.05, 3.63) is 64.4 Å². The SMILES string of the molecule is O=C(O)C(=O)c1cc(F)c(OCc2ccccc2)c(Cl)c1. The van der Waals surface area contributed by atoms with E-state index < -0.39 is 17.6 Å². The minimum absolute atomic E-state index is 0.101. The first kappa shape index (κ1) is 15.0. The van der Waals surface area contributed by atoms with Crippen LogP contribution in [0.5, 0.6) is 5.75 Å². The van der Waals surface area contributed by atoms with E-state index in [0.717, 1.165) is 17.7 Å². The minimum atomic E-state index is -1.68. The van der Waals surface area contributed by atoms with Crippen LogP contribution in [-0.4, -0.2) is 16.9 Å². The van der Waals surface area contributed by atoms with Crippen molar-refractivity contribution in [3.8, 4) is 5.75 Å². The Morgan fingerprint density at radius 2 is 1.86 bits per heavy atom.